The number of hydrogen-bond acceptors (Lipinski definition) is 1. The Morgan fingerprint density at radius 3 is 2.81 bits per heavy atom. The number of hydrogen-bond donors (Lipinski definition) is 2. The van der Waals surface area contributed by atoms with E-state index in [1.54, 1.807) is 0 Å². The average molecular weight is 217 g/mol. The van der Waals surface area contributed by atoms with Crippen LogP contribution in [0.5, 0.6) is 0 Å². The summed E-state index contributed by atoms with van der Waals surface area (Å²) in [6.07, 6.45) is 0.0649. The molecule has 0 amide bonds. The predicted molar refractivity (Wildman–Crippen MR) is 63.7 cm³/mol. The molecule has 0 aliphatic heterocycles. The highest BCUT2D eigenvalue weighted by Crippen LogP contribution is 2.23. The average Bonchev–Trinajstić information content (AvgIpc) is 2.61. The van der Waals surface area contributed by atoms with Crippen molar-refractivity contribution < 1.29 is 9.90 Å². The SMILES string of the molecule is CC(C)c1cc2cccc(CC(=O)O)c2[nH]1. The minimum Gasteiger partial charge on any atom is -0.481 e. The summed E-state index contributed by atoms with van der Waals surface area (Å²) >= 11 is 0. The lowest BCUT2D eigenvalue weighted by molar-refractivity contribution is -0.136. The number of H-pyrrole nitrogens is 1. The van der Waals surface area contributed by atoms with Crippen molar-refractivity contribution in [2.24, 2.45) is 0 Å². The van der Waals surface area contributed by atoms with Crippen molar-refractivity contribution in [1.82, 2.24) is 4.98 Å². The van der Waals surface area contributed by atoms with E-state index in [0.717, 1.165) is 22.2 Å². The van der Waals surface area contributed by atoms with Gasteiger partial charge in [-0.05, 0) is 22.9 Å². The maximum atomic E-state index is 10.7. The third kappa shape index (κ3) is 1.94. The molecule has 0 radical (unpaired) electrons. The Morgan fingerprint density at radius 2 is 2.19 bits per heavy atom. The molecule has 3 nitrogen and oxygen atoms in total. The van der Waals surface area contributed by atoms with Crippen LogP contribution in [0.15, 0.2) is 24.3 Å². The molecule has 1 heterocycles. The normalized spacial score (nSPS) is 11.2. The van der Waals surface area contributed by atoms with Gasteiger partial charge >= 0.3 is 5.97 Å². The quantitative estimate of drug-likeness (QED) is 0.830. The molecule has 0 fully saturated rings. The molecule has 0 aliphatic rings. The minimum atomic E-state index is -0.798. The van der Waals surface area contributed by atoms with Crippen molar-refractivity contribution in [3.05, 3.63) is 35.5 Å². The van der Waals surface area contributed by atoms with Gasteiger partial charge in [0.1, 0.15) is 0 Å². The number of carbonyl (C=O) groups is 1. The van der Waals surface area contributed by atoms with Crippen molar-refractivity contribution in [3.8, 4) is 0 Å². The molecule has 0 atom stereocenters. The standard InChI is InChI=1S/C13H15NO2/c1-8(2)11-6-9-4-3-5-10(7-12(15)16)13(9)14-11/h3-6,8,14H,7H2,1-2H3,(H,15,16). The number of rotatable bonds is 3. The van der Waals surface area contributed by atoms with Crippen LogP contribution in [0.25, 0.3) is 10.9 Å². The van der Waals surface area contributed by atoms with Crippen LogP contribution in [0.1, 0.15) is 31.0 Å². The molecule has 0 unspecified atom stereocenters. The zero-order valence-electron chi connectivity index (χ0n) is 9.45. The number of nitrogens with one attached hydrogen (secondary N) is 1. The number of para-hydroxylation sites is 1. The zero-order valence-corrected chi connectivity index (χ0v) is 9.45. The number of fused-ring (bicyclic) bond motifs is 1. The molecule has 2 N–H and O–H groups in total. The van der Waals surface area contributed by atoms with Crippen molar-refractivity contribution >= 4 is 16.9 Å². The summed E-state index contributed by atoms with van der Waals surface area (Å²) in [5, 5.41) is 9.91. The topological polar surface area (TPSA) is 53.1 Å². The highest BCUT2D eigenvalue weighted by atomic mass is 16.4. The lowest BCUT2D eigenvalue weighted by Gasteiger charge is -2.00. The van der Waals surface area contributed by atoms with Crippen molar-refractivity contribution in [2.45, 2.75) is 26.2 Å². The van der Waals surface area contributed by atoms with Crippen LogP contribution in [0.4, 0.5) is 0 Å². The predicted octanol–water partition coefficient (Wildman–Crippen LogP) is 2.92. The molecular weight excluding hydrogens is 202 g/mol. The fourth-order valence-electron chi connectivity index (χ4n) is 1.86. The number of aliphatic carboxylic acids is 1. The third-order valence-electron chi connectivity index (χ3n) is 2.73. The van der Waals surface area contributed by atoms with Crippen LogP contribution in [-0.4, -0.2) is 16.1 Å². The Bertz CT molecular complexity index is 526. The van der Waals surface area contributed by atoms with E-state index in [-0.39, 0.29) is 6.42 Å². The van der Waals surface area contributed by atoms with Gasteiger partial charge in [-0.25, -0.2) is 0 Å². The molecule has 84 valence electrons. The summed E-state index contributed by atoms with van der Waals surface area (Å²) in [6.45, 7) is 4.23. The zero-order chi connectivity index (χ0) is 11.7. The molecule has 0 saturated carbocycles. The Kier molecular flexibility index (Phi) is 2.69. The van der Waals surface area contributed by atoms with Gasteiger partial charge in [0, 0.05) is 11.2 Å². The third-order valence-corrected chi connectivity index (χ3v) is 2.73. The van der Waals surface area contributed by atoms with Gasteiger partial charge < -0.3 is 10.1 Å². The number of aromatic nitrogens is 1. The fraction of sp³-hybridized carbons (Fsp3) is 0.308. The number of carboxylic acids is 1. The second-order valence-corrected chi connectivity index (χ2v) is 4.33. The van der Waals surface area contributed by atoms with Gasteiger partial charge in [0.25, 0.3) is 0 Å². The van der Waals surface area contributed by atoms with E-state index in [4.69, 9.17) is 5.11 Å². The van der Waals surface area contributed by atoms with Gasteiger partial charge in [-0.2, -0.15) is 0 Å². The first-order valence-electron chi connectivity index (χ1n) is 5.40. The second-order valence-electron chi connectivity index (χ2n) is 4.33. The number of carboxylic acid groups (broad SMARTS) is 1. The van der Waals surface area contributed by atoms with Gasteiger partial charge in [0.2, 0.25) is 0 Å². The maximum absolute atomic E-state index is 10.7. The lowest BCUT2D eigenvalue weighted by Crippen LogP contribution is -2.00. The first kappa shape index (κ1) is 10.7. The van der Waals surface area contributed by atoms with Crippen LogP contribution in [0, 0.1) is 0 Å². The molecule has 1 aromatic carbocycles. The highest BCUT2D eigenvalue weighted by Gasteiger charge is 2.09. The van der Waals surface area contributed by atoms with E-state index < -0.39 is 5.97 Å². The van der Waals surface area contributed by atoms with E-state index in [0.29, 0.717) is 5.92 Å². The summed E-state index contributed by atoms with van der Waals surface area (Å²) in [4.78, 5) is 14.0. The number of benzene rings is 1. The Hall–Kier alpha value is -1.77. The molecule has 0 bridgehead atoms. The largest absolute Gasteiger partial charge is 0.481 e. The smallest absolute Gasteiger partial charge is 0.307 e. The van der Waals surface area contributed by atoms with Gasteiger partial charge in [-0.3, -0.25) is 4.79 Å². The lowest BCUT2D eigenvalue weighted by atomic mass is 10.1. The maximum Gasteiger partial charge on any atom is 0.307 e. The summed E-state index contributed by atoms with van der Waals surface area (Å²) in [5.74, 6) is -0.377. The Balaban J connectivity index is 2.54. The molecule has 0 spiro atoms. The molecule has 0 aliphatic carbocycles. The van der Waals surface area contributed by atoms with Crippen LogP contribution in [0.3, 0.4) is 0 Å². The van der Waals surface area contributed by atoms with Crippen molar-refractivity contribution in [3.63, 3.8) is 0 Å². The Morgan fingerprint density at radius 1 is 1.44 bits per heavy atom. The minimum absolute atomic E-state index is 0.0649. The molecule has 1 aromatic heterocycles. The monoisotopic (exact) mass is 217 g/mol. The fourth-order valence-corrected chi connectivity index (χ4v) is 1.86. The number of aromatic amines is 1. The summed E-state index contributed by atoms with van der Waals surface area (Å²) in [6, 6.07) is 7.85. The van der Waals surface area contributed by atoms with Gasteiger partial charge in [0.15, 0.2) is 0 Å². The van der Waals surface area contributed by atoms with E-state index in [2.05, 4.69) is 24.9 Å². The van der Waals surface area contributed by atoms with Crippen LogP contribution in [0.2, 0.25) is 0 Å². The Labute approximate surface area is 94.1 Å². The molecule has 0 saturated heterocycles. The van der Waals surface area contributed by atoms with E-state index >= 15 is 0 Å². The van der Waals surface area contributed by atoms with E-state index in [1.165, 1.54) is 0 Å². The second kappa shape index (κ2) is 4.00. The summed E-state index contributed by atoms with van der Waals surface area (Å²) < 4.78 is 0. The molecule has 16 heavy (non-hydrogen) atoms. The van der Waals surface area contributed by atoms with Gasteiger partial charge in [-0.1, -0.05) is 32.0 Å². The van der Waals surface area contributed by atoms with Crippen molar-refractivity contribution in [2.75, 3.05) is 0 Å². The molecule has 2 aromatic rings. The van der Waals surface area contributed by atoms with Gasteiger partial charge in [-0.15, -0.1) is 0 Å². The first-order chi connectivity index (χ1) is 7.58. The van der Waals surface area contributed by atoms with Crippen LogP contribution < -0.4 is 0 Å². The van der Waals surface area contributed by atoms with E-state index in [1.807, 2.05) is 18.2 Å². The molecule has 3 heteroatoms. The van der Waals surface area contributed by atoms with E-state index in [9.17, 15) is 4.79 Å². The summed E-state index contributed by atoms with van der Waals surface area (Å²) in [5.41, 5.74) is 2.94. The highest BCUT2D eigenvalue weighted by molar-refractivity contribution is 5.86. The van der Waals surface area contributed by atoms with Crippen molar-refractivity contribution in [1.29, 1.82) is 0 Å². The van der Waals surface area contributed by atoms with Gasteiger partial charge in [0.05, 0.1) is 6.42 Å². The summed E-state index contributed by atoms with van der Waals surface area (Å²) in [7, 11) is 0. The van der Waals surface area contributed by atoms with Crippen LogP contribution >= 0.6 is 0 Å². The van der Waals surface area contributed by atoms with Crippen LogP contribution in [-0.2, 0) is 11.2 Å². The first-order valence-corrected chi connectivity index (χ1v) is 5.40. The molecular formula is C13H15NO2. The molecule has 2 rings (SSSR count).